The molecule has 3 saturated carbocycles. The zero-order valence-electron chi connectivity index (χ0n) is 20.6. The highest BCUT2D eigenvalue weighted by molar-refractivity contribution is 6.31. The zero-order valence-corrected chi connectivity index (χ0v) is 22.1. The number of benzene rings is 2. The van der Waals surface area contributed by atoms with Crippen LogP contribution >= 0.6 is 23.2 Å². The van der Waals surface area contributed by atoms with E-state index in [1.165, 1.54) is 24.3 Å². The summed E-state index contributed by atoms with van der Waals surface area (Å²) in [5.41, 5.74) is -0.735. The van der Waals surface area contributed by atoms with Gasteiger partial charge in [-0.1, -0.05) is 36.5 Å². The third kappa shape index (κ3) is 6.47. The Morgan fingerprint density at radius 1 is 0.892 bits per heavy atom. The molecule has 3 aliphatic rings. The Morgan fingerprint density at radius 3 is 1.89 bits per heavy atom. The highest BCUT2D eigenvalue weighted by Gasteiger charge is 2.55. The van der Waals surface area contributed by atoms with Gasteiger partial charge in [0, 0.05) is 23.2 Å². The Morgan fingerprint density at radius 2 is 1.41 bits per heavy atom. The van der Waals surface area contributed by atoms with Gasteiger partial charge in [0.2, 0.25) is 0 Å². The van der Waals surface area contributed by atoms with Crippen molar-refractivity contribution in [2.45, 2.75) is 62.9 Å². The Hall–Kier alpha value is -2.58. The van der Waals surface area contributed by atoms with Gasteiger partial charge in [-0.15, -0.1) is 0 Å². The first-order valence-electron chi connectivity index (χ1n) is 12.4. The van der Waals surface area contributed by atoms with Crippen molar-refractivity contribution in [3.63, 3.8) is 0 Å². The summed E-state index contributed by atoms with van der Waals surface area (Å²) in [6.07, 6.45) is 5.48. The first-order chi connectivity index (χ1) is 17.6. The van der Waals surface area contributed by atoms with E-state index in [1.54, 1.807) is 0 Å². The second-order valence-corrected chi connectivity index (χ2v) is 10.8. The summed E-state index contributed by atoms with van der Waals surface area (Å²) in [5.74, 6) is -1.10. The van der Waals surface area contributed by atoms with Crippen molar-refractivity contribution in [1.29, 1.82) is 0 Å². The van der Waals surface area contributed by atoms with Crippen molar-refractivity contribution < 1.29 is 27.8 Å². The smallest absolute Gasteiger partial charge is 0.258 e. The third-order valence-electron chi connectivity index (χ3n) is 7.47. The average molecular weight is 555 g/mol. The van der Waals surface area contributed by atoms with Gasteiger partial charge in [0.1, 0.15) is 23.1 Å². The van der Waals surface area contributed by atoms with E-state index in [2.05, 4.69) is 17.6 Å². The van der Waals surface area contributed by atoms with Crippen molar-refractivity contribution in [3.8, 4) is 11.5 Å². The van der Waals surface area contributed by atoms with E-state index in [4.69, 9.17) is 32.7 Å². The molecule has 6 nitrogen and oxygen atoms in total. The van der Waals surface area contributed by atoms with Crippen LogP contribution in [-0.2, 0) is 9.59 Å². The number of halogens is 4. The van der Waals surface area contributed by atoms with E-state index in [9.17, 15) is 18.4 Å². The van der Waals surface area contributed by atoms with Crippen LogP contribution in [0.2, 0.25) is 10.0 Å². The summed E-state index contributed by atoms with van der Waals surface area (Å²) in [6, 6.07) is 8.10. The molecule has 0 spiro atoms. The molecule has 3 aliphatic carbocycles. The number of carbonyl (C=O) groups is 2. The monoisotopic (exact) mass is 554 g/mol. The van der Waals surface area contributed by atoms with Crippen LogP contribution in [0, 0.1) is 17.6 Å². The number of hydrogen-bond donors (Lipinski definition) is 2. The van der Waals surface area contributed by atoms with Gasteiger partial charge in [-0.25, -0.2) is 8.78 Å². The topological polar surface area (TPSA) is 76.7 Å². The number of rotatable bonds is 10. The minimum atomic E-state index is -0.607. The molecule has 0 saturated heterocycles. The van der Waals surface area contributed by atoms with Crippen molar-refractivity contribution in [2.75, 3.05) is 13.2 Å². The summed E-state index contributed by atoms with van der Waals surface area (Å²) in [5, 5.41) is 6.35. The highest BCUT2D eigenvalue weighted by atomic mass is 35.5. The van der Waals surface area contributed by atoms with Crippen LogP contribution in [0.15, 0.2) is 36.4 Å². The van der Waals surface area contributed by atoms with Gasteiger partial charge >= 0.3 is 0 Å². The van der Waals surface area contributed by atoms with E-state index >= 15 is 0 Å². The van der Waals surface area contributed by atoms with Crippen LogP contribution in [0.4, 0.5) is 8.78 Å². The second kappa shape index (κ2) is 11.4. The molecule has 0 heterocycles. The number of fused-ring (bicyclic) bond motifs is 3. The molecule has 0 aliphatic heterocycles. The van der Waals surface area contributed by atoms with Crippen LogP contribution in [0.5, 0.6) is 11.5 Å². The number of carbonyl (C=O) groups excluding carboxylic acids is 2. The molecule has 2 aromatic carbocycles. The maximum atomic E-state index is 13.7. The minimum absolute atomic E-state index is 0.0106. The molecule has 1 atom stereocenters. The standard InChI is InChI=1S/C27H30Cl2F2N2O4/c1-2-3-17-14-26(32-24(34)15-36-18-4-6-20(28)22(30)12-18)8-10-27(17,11-9-26)33-25(35)16-37-19-5-7-21(29)23(31)13-19/h4-7,12-13,17H,2-3,8-11,14-16H2,1H3,(H,32,34)(H,33,35). The first kappa shape index (κ1) is 27.5. The van der Waals surface area contributed by atoms with E-state index in [-0.39, 0.29) is 63.6 Å². The normalized spacial score (nSPS) is 24.4. The van der Waals surface area contributed by atoms with Gasteiger partial charge in [-0.3, -0.25) is 9.59 Å². The molecule has 2 aromatic rings. The fraction of sp³-hybridized carbons (Fsp3) is 0.481. The maximum absolute atomic E-state index is 13.7. The fourth-order valence-electron chi connectivity index (χ4n) is 5.66. The SMILES string of the molecule is CCCC1CC2(NC(=O)COc3ccc(Cl)c(F)c3)CCC1(NC(=O)COc1ccc(Cl)c(F)c1)CC2. The molecule has 0 aromatic heterocycles. The van der Waals surface area contributed by atoms with Crippen LogP contribution in [0.3, 0.4) is 0 Å². The second-order valence-electron chi connectivity index (χ2n) is 9.95. The summed E-state index contributed by atoms with van der Waals surface area (Å²) in [6.45, 7) is 1.64. The Balaban J connectivity index is 1.33. The van der Waals surface area contributed by atoms with Gasteiger partial charge in [-0.2, -0.15) is 0 Å². The molecule has 2 N–H and O–H groups in total. The lowest BCUT2D eigenvalue weighted by molar-refractivity contribution is -0.133. The van der Waals surface area contributed by atoms with Crippen molar-refractivity contribution >= 4 is 35.0 Å². The number of nitrogens with one attached hydrogen (secondary N) is 2. The molecule has 1 unspecified atom stereocenters. The molecule has 0 radical (unpaired) electrons. The Kier molecular flexibility index (Phi) is 8.49. The lowest BCUT2D eigenvalue weighted by Crippen LogP contribution is -2.68. The summed E-state index contributed by atoms with van der Waals surface area (Å²) >= 11 is 11.4. The molecular weight excluding hydrogens is 525 g/mol. The minimum Gasteiger partial charge on any atom is -0.484 e. The largest absolute Gasteiger partial charge is 0.484 e. The maximum Gasteiger partial charge on any atom is 0.258 e. The summed E-state index contributed by atoms with van der Waals surface area (Å²) < 4.78 is 38.2. The van der Waals surface area contributed by atoms with Crippen LogP contribution in [0.25, 0.3) is 0 Å². The molecule has 10 heteroatoms. The Labute approximate surface area is 225 Å². The van der Waals surface area contributed by atoms with Crippen LogP contribution < -0.4 is 20.1 Å². The van der Waals surface area contributed by atoms with E-state index in [0.29, 0.717) is 0 Å². The molecular formula is C27H30Cl2F2N2O4. The summed E-state index contributed by atoms with van der Waals surface area (Å²) in [7, 11) is 0. The van der Waals surface area contributed by atoms with Gasteiger partial charge < -0.3 is 20.1 Å². The van der Waals surface area contributed by atoms with Gasteiger partial charge in [-0.05, 0) is 68.7 Å². The van der Waals surface area contributed by atoms with E-state index in [1.807, 2.05) is 0 Å². The van der Waals surface area contributed by atoms with Gasteiger partial charge in [0.25, 0.3) is 11.8 Å². The predicted molar refractivity (Wildman–Crippen MR) is 137 cm³/mol. The van der Waals surface area contributed by atoms with E-state index < -0.39 is 11.6 Å². The molecule has 200 valence electrons. The van der Waals surface area contributed by atoms with Crippen molar-refractivity contribution in [2.24, 2.45) is 5.92 Å². The zero-order chi connectivity index (χ0) is 26.6. The number of ether oxygens (including phenoxy) is 2. The molecule has 5 rings (SSSR count). The fourth-order valence-corrected chi connectivity index (χ4v) is 5.90. The lowest BCUT2D eigenvalue weighted by Gasteiger charge is -2.58. The number of hydrogen-bond acceptors (Lipinski definition) is 4. The van der Waals surface area contributed by atoms with Crippen LogP contribution in [0.1, 0.15) is 51.9 Å². The highest BCUT2D eigenvalue weighted by Crippen LogP contribution is 2.51. The van der Waals surface area contributed by atoms with Crippen molar-refractivity contribution in [3.05, 3.63) is 58.1 Å². The Bertz CT molecular complexity index is 1160. The van der Waals surface area contributed by atoms with Crippen molar-refractivity contribution in [1.82, 2.24) is 10.6 Å². The first-order valence-corrected chi connectivity index (χ1v) is 13.2. The molecule has 2 bridgehead atoms. The van der Waals surface area contributed by atoms with Gasteiger partial charge in [0.15, 0.2) is 13.2 Å². The van der Waals surface area contributed by atoms with Crippen LogP contribution in [-0.4, -0.2) is 36.1 Å². The third-order valence-corrected chi connectivity index (χ3v) is 8.08. The van der Waals surface area contributed by atoms with Gasteiger partial charge in [0.05, 0.1) is 10.0 Å². The lowest BCUT2D eigenvalue weighted by atomic mass is 9.55. The van der Waals surface area contributed by atoms with E-state index in [0.717, 1.165) is 57.1 Å². The molecule has 3 fully saturated rings. The predicted octanol–water partition coefficient (Wildman–Crippen LogP) is 5.83. The summed E-state index contributed by atoms with van der Waals surface area (Å²) in [4.78, 5) is 25.5. The average Bonchev–Trinajstić information content (AvgIpc) is 2.87. The molecule has 2 amide bonds. The molecule has 37 heavy (non-hydrogen) atoms. The quantitative estimate of drug-likeness (QED) is 0.387. The number of amides is 2.